The molecule has 3 heteroatoms. The van der Waals surface area contributed by atoms with Crippen molar-refractivity contribution in [2.45, 2.75) is 6.42 Å². The van der Waals surface area contributed by atoms with E-state index in [-0.39, 0.29) is 6.79 Å². The fraction of sp³-hybridized carbons (Fsp3) is 0.200. The maximum atomic E-state index is 5.59. The molecule has 0 bridgehead atoms. The van der Waals surface area contributed by atoms with Gasteiger partial charge in [-0.05, 0) is 51.9 Å². The van der Waals surface area contributed by atoms with Gasteiger partial charge in [-0.2, -0.15) is 0 Å². The van der Waals surface area contributed by atoms with E-state index in [0.29, 0.717) is 0 Å². The highest BCUT2D eigenvalue weighted by molar-refractivity contribution is 14.1. The van der Waals surface area contributed by atoms with E-state index in [1.807, 2.05) is 18.2 Å². The maximum Gasteiger partial charge on any atom is 0.188 e. The molecule has 0 atom stereocenters. The van der Waals surface area contributed by atoms with Gasteiger partial charge >= 0.3 is 0 Å². The summed E-state index contributed by atoms with van der Waals surface area (Å²) in [5.41, 5.74) is 2.46. The fourth-order valence-electron chi connectivity index (χ4n) is 1.77. The zero-order chi connectivity index (χ0) is 12.8. The zero-order valence-corrected chi connectivity index (χ0v) is 12.4. The van der Waals surface area contributed by atoms with Crippen LogP contribution < -0.4 is 4.74 Å². The Kier molecular flexibility index (Phi) is 5.01. The Balaban J connectivity index is 2.22. The first-order valence-electron chi connectivity index (χ1n) is 5.73. The van der Waals surface area contributed by atoms with Gasteiger partial charge in [0.1, 0.15) is 5.75 Å². The lowest BCUT2D eigenvalue weighted by molar-refractivity contribution is 0.0505. The Morgan fingerprint density at radius 1 is 1.06 bits per heavy atom. The minimum atomic E-state index is 0.280. The topological polar surface area (TPSA) is 18.5 Å². The van der Waals surface area contributed by atoms with E-state index in [2.05, 4.69) is 52.9 Å². The molecule has 18 heavy (non-hydrogen) atoms. The van der Waals surface area contributed by atoms with Gasteiger partial charge in [-0.1, -0.05) is 30.3 Å². The Labute approximate surface area is 121 Å². The van der Waals surface area contributed by atoms with Crippen LogP contribution in [-0.2, 0) is 11.2 Å². The third-order valence-electron chi connectivity index (χ3n) is 2.59. The van der Waals surface area contributed by atoms with Crippen LogP contribution in [-0.4, -0.2) is 13.9 Å². The molecule has 0 saturated heterocycles. The molecule has 2 aromatic rings. The summed E-state index contributed by atoms with van der Waals surface area (Å²) < 4.78 is 11.8. The predicted molar refractivity (Wildman–Crippen MR) is 80.9 cm³/mol. The summed E-state index contributed by atoms with van der Waals surface area (Å²) in [6.07, 6.45) is 0.872. The molecule has 0 saturated carbocycles. The SMILES string of the molecule is COCOc1ccc(I)cc1Cc1ccccc1. The van der Waals surface area contributed by atoms with E-state index in [9.17, 15) is 0 Å². The quantitative estimate of drug-likeness (QED) is 0.600. The van der Waals surface area contributed by atoms with Crippen LogP contribution in [0.25, 0.3) is 0 Å². The van der Waals surface area contributed by atoms with Gasteiger partial charge in [-0.15, -0.1) is 0 Å². The summed E-state index contributed by atoms with van der Waals surface area (Å²) in [5.74, 6) is 0.890. The molecule has 2 rings (SSSR count). The lowest BCUT2D eigenvalue weighted by atomic mass is 10.0. The summed E-state index contributed by atoms with van der Waals surface area (Å²) in [7, 11) is 1.63. The molecule has 0 aliphatic carbocycles. The first kappa shape index (κ1) is 13.4. The average molecular weight is 354 g/mol. The lowest BCUT2D eigenvalue weighted by Gasteiger charge is -2.11. The van der Waals surface area contributed by atoms with E-state index in [1.165, 1.54) is 14.7 Å². The second kappa shape index (κ2) is 6.75. The summed E-state index contributed by atoms with van der Waals surface area (Å²) in [5, 5.41) is 0. The Morgan fingerprint density at radius 3 is 2.56 bits per heavy atom. The largest absolute Gasteiger partial charge is 0.467 e. The van der Waals surface area contributed by atoms with Gasteiger partial charge in [0.05, 0.1) is 0 Å². The van der Waals surface area contributed by atoms with Crippen molar-refractivity contribution < 1.29 is 9.47 Å². The first-order valence-corrected chi connectivity index (χ1v) is 6.81. The highest BCUT2D eigenvalue weighted by Gasteiger charge is 2.05. The van der Waals surface area contributed by atoms with Crippen LogP contribution in [0.3, 0.4) is 0 Å². The minimum absolute atomic E-state index is 0.280. The monoisotopic (exact) mass is 354 g/mol. The summed E-state index contributed by atoms with van der Waals surface area (Å²) in [6, 6.07) is 16.6. The van der Waals surface area contributed by atoms with Crippen LogP contribution in [0, 0.1) is 3.57 Å². The molecule has 0 radical (unpaired) electrons. The maximum absolute atomic E-state index is 5.59. The molecule has 0 N–H and O–H groups in total. The van der Waals surface area contributed by atoms with E-state index in [0.717, 1.165) is 12.2 Å². The van der Waals surface area contributed by atoms with Crippen molar-refractivity contribution >= 4 is 22.6 Å². The van der Waals surface area contributed by atoms with Crippen molar-refractivity contribution in [2.75, 3.05) is 13.9 Å². The van der Waals surface area contributed by atoms with Gasteiger partial charge in [-0.3, -0.25) is 0 Å². The van der Waals surface area contributed by atoms with Crippen LogP contribution >= 0.6 is 22.6 Å². The molecular weight excluding hydrogens is 339 g/mol. The molecule has 0 amide bonds. The lowest BCUT2D eigenvalue weighted by Crippen LogP contribution is -2.02. The molecule has 0 aliphatic heterocycles. The van der Waals surface area contributed by atoms with Crippen molar-refractivity contribution in [1.82, 2.24) is 0 Å². The minimum Gasteiger partial charge on any atom is -0.467 e. The standard InChI is InChI=1S/C15H15IO2/c1-17-11-18-15-8-7-14(16)10-13(15)9-12-5-3-2-4-6-12/h2-8,10H,9,11H2,1H3. The summed E-state index contributed by atoms with van der Waals surface area (Å²) in [4.78, 5) is 0. The Bertz CT molecular complexity index is 497. The number of halogens is 1. The third kappa shape index (κ3) is 3.71. The number of methoxy groups -OCH3 is 1. The van der Waals surface area contributed by atoms with E-state index >= 15 is 0 Å². The van der Waals surface area contributed by atoms with Crippen molar-refractivity contribution in [3.05, 3.63) is 63.2 Å². The number of hydrogen-bond donors (Lipinski definition) is 0. The summed E-state index contributed by atoms with van der Waals surface area (Å²) >= 11 is 2.32. The molecule has 0 unspecified atom stereocenters. The molecule has 0 heterocycles. The number of benzene rings is 2. The molecule has 0 aliphatic rings. The zero-order valence-electron chi connectivity index (χ0n) is 10.2. The molecule has 2 nitrogen and oxygen atoms in total. The Morgan fingerprint density at radius 2 is 1.83 bits per heavy atom. The van der Waals surface area contributed by atoms with Crippen molar-refractivity contribution in [2.24, 2.45) is 0 Å². The van der Waals surface area contributed by atoms with Crippen LogP contribution in [0.1, 0.15) is 11.1 Å². The van der Waals surface area contributed by atoms with Crippen LogP contribution in [0.4, 0.5) is 0 Å². The second-order valence-electron chi connectivity index (χ2n) is 3.97. The molecule has 94 valence electrons. The first-order chi connectivity index (χ1) is 8.79. The summed E-state index contributed by atoms with van der Waals surface area (Å²) in [6.45, 7) is 0.280. The molecule has 0 spiro atoms. The molecular formula is C15H15IO2. The van der Waals surface area contributed by atoms with E-state index in [4.69, 9.17) is 9.47 Å². The van der Waals surface area contributed by atoms with Gasteiger partial charge in [0.25, 0.3) is 0 Å². The van der Waals surface area contributed by atoms with Gasteiger partial charge in [0.2, 0.25) is 0 Å². The second-order valence-corrected chi connectivity index (χ2v) is 5.21. The highest BCUT2D eigenvalue weighted by atomic mass is 127. The normalized spacial score (nSPS) is 10.3. The highest BCUT2D eigenvalue weighted by Crippen LogP contribution is 2.24. The van der Waals surface area contributed by atoms with Gasteiger partial charge in [0, 0.05) is 17.1 Å². The van der Waals surface area contributed by atoms with Crippen molar-refractivity contribution in [3.8, 4) is 5.75 Å². The third-order valence-corrected chi connectivity index (χ3v) is 3.26. The van der Waals surface area contributed by atoms with Gasteiger partial charge in [0.15, 0.2) is 6.79 Å². The van der Waals surface area contributed by atoms with Crippen LogP contribution in [0.5, 0.6) is 5.75 Å². The average Bonchev–Trinajstić information content (AvgIpc) is 2.39. The molecule has 0 aromatic heterocycles. The molecule has 0 fully saturated rings. The van der Waals surface area contributed by atoms with E-state index < -0.39 is 0 Å². The number of ether oxygens (including phenoxy) is 2. The number of hydrogen-bond acceptors (Lipinski definition) is 2. The molecule has 2 aromatic carbocycles. The fourth-order valence-corrected chi connectivity index (χ4v) is 2.32. The van der Waals surface area contributed by atoms with Crippen molar-refractivity contribution in [1.29, 1.82) is 0 Å². The predicted octanol–water partition coefficient (Wildman–Crippen LogP) is 3.86. The van der Waals surface area contributed by atoms with E-state index in [1.54, 1.807) is 7.11 Å². The van der Waals surface area contributed by atoms with Gasteiger partial charge in [-0.25, -0.2) is 0 Å². The van der Waals surface area contributed by atoms with Gasteiger partial charge < -0.3 is 9.47 Å². The smallest absolute Gasteiger partial charge is 0.188 e. The van der Waals surface area contributed by atoms with Crippen LogP contribution in [0.15, 0.2) is 48.5 Å². The van der Waals surface area contributed by atoms with Crippen LogP contribution in [0.2, 0.25) is 0 Å². The van der Waals surface area contributed by atoms with Crippen molar-refractivity contribution in [3.63, 3.8) is 0 Å². The Hall–Kier alpha value is -1.07. The number of rotatable bonds is 5.